The van der Waals surface area contributed by atoms with Crippen LogP contribution < -0.4 is 14.8 Å². The van der Waals surface area contributed by atoms with Gasteiger partial charge < -0.3 is 14.8 Å². The lowest BCUT2D eigenvalue weighted by Gasteiger charge is -2.20. The fourth-order valence-electron chi connectivity index (χ4n) is 2.35. The van der Waals surface area contributed by atoms with E-state index in [0.29, 0.717) is 36.0 Å². The highest BCUT2D eigenvalue weighted by Gasteiger charge is 2.17. The summed E-state index contributed by atoms with van der Waals surface area (Å²) in [6, 6.07) is 9.29. The van der Waals surface area contributed by atoms with Crippen LogP contribution in [0.25, 0.3) is 0 Å². The number of halogens is 1. The Morgan fingerprint density at radius 3 is 2.55 bits per heavy atom. The lowest BCUT2D eigenvalue weighted by Crippen LogP contribution is -2.17. The summed E-state index contributed by atoms with van der Waals surface area (Å²) >= 11 is 3.46. The van der Waals surface area contributed by atoms with Crippen molar-refractivity contribution in [3.63, 3.8) is 0 Å². The Hall–Kier alpha value is -2.01. The number of aryl methyl sites for hydroxylation is 1. The van der Waals surface area contributed by atoms with E-state index in [1.165, 1.54) is 0 Å². The van der Waals surface area contributed by atoms with Gasteiger partial charge in [0.15, 0.2) is 11.5 Å². The molecule has 0 atom stereocenters. The molecule has 0 unspecified atom stereocenters. The van der Waals surface area contributed by atoms with Gasteiger partial charge in [0.05, 0.1) is 5.69 Å². The summed E-state index contributed by atoms with van der Waals surface area (Å²) in [7, 11) is 0. The van der Waals surface area contributed by atoms with E-state index in [-0.39, 0.29) is 5.91 Å². The number of carbonyl (C=O) groups excluding carboxylic acids is 1. The first-order valence-electron chi connectivity index (χ1n) is 7.03. The Bertz CT molecular complexity index is 743. The molecule has 2 aromatic carbocycles. The minimum Gasteiger partial charge on any atom is -0.486 e. The maximum Gasteiger partial charge on any atom is 0.255 e. The second kappa shape index (κ2) is 6.01. The molecule has 0 saturated heterocycles. The van der Waals surface area contributed by atoms with Crippen LogP contribution in [0.4, 0.5) is 5.69 Å². The zero-order valence-corrected chi connectivity index (χ0v) is 14.0. The van der Waals surface area contributed by atoms with Gasteiger partial charge in [-0.25, -0.2) is 0 Å². The van der Waals surface area contributed by atoms with E-state index in [0.717, 1.165) is 15.6 Å². The van der Waals surface area contributed by atoms with Crippen LogP contribution in [0.5, 0.6) is 11.5 Å². The van der Waals surface area contributed by atoms with Crippen LogP contribution >= 0.6 is 15.9 Å². The molecule has 1 N–H and O–H groups in total. The molecular formula is C17H16BrNO3. The second-order valence-corrected chi connectivity index (χ2v) is 6.03. The fourth-order valence-corrected chi connectivity index (χ4v) is 2.77. The molecule has 1 heterocycles. The number of fused-ring (bicyclic) bond motifs is 1. The van der Waals surface area contributed by atoms with E-state index >= 15 is 0 Å². The van der Waals surface area contributed by atoms with Gasteiger partial charge in [-0.15, -0.1) is 0 Å². The van der Waals surface area contributed by atoms with Gasteiger partial charge in [-0.1, -0.05) is 12.1 Å². The largest absolute Gasteiger partial charge is 0.486 e. The summed E-state index contributed by atoms with van der Waals surface area (Å²) in [6.07, 6.45) is 0. The van der Waals surface area contributed by atoms with Gasteiger partial charge in [0.1, 0.15) is 13.2 Å². The lowest BCUT2D eigenvalue weighted by atomic mass is 10.0. The molecule has 0 aromatic heterocycles. The number of nitrogens with one attached hydrogen (secondary N) is 1. The van der Waals surface area contributed by atoms with Gasteiger partial charge in [0.25, 0.3) is 5.91 Å². The predicted molar refractivity (Wildman–Crippen MR) is 89.0 cm³/mol. The average Bonchev–Trinajstić information content (AvgIpc) is 2.50. The van der Waals surface area contributed by atoms with E-state index in [4.69, 9.17) is 9.47 Å². The predicted octanol–water partition coefficient (Wildman–Crippen LogP) is 4.09. The van der Waals surface area contributed by atoms with E-state index in [2.05, 4.69) is 21.2 Å². The number of carbonyl (C=O) groups is 1. The van der Waals surface area contributed by atoms with Crippen molar-refractivity contribution in [3.8, 4) is 11.5 Å². The summed E-state index contributed by atoms with van der Waals surface area (Å²) in [4.78, 5) is 12.5. The van der Waals surface area contributed by atoms with Gasteiger partial charge in [0, 0.05) is 22.2 Å². The number of rotatable bonds is 2. The summed E-state index contributed by atoms with van der Waals surface area (Å²) in [6.45, 7) is 4.99. The van der Waals surface area contributed by atoms with Crippen molar-refractivity contribution < 1.29 is 14.3 Å². The van der Waals surface area contributed by atoms with Crippen molar-refractivity contribution in [1.82, 2.24) is 0 Å². The molecular weight excluding hydrogens is 346 g/mol. The van der Waals surface area contributed by atoms with Crippen LogP contribution in [0.2, 0.25) is 0 Å². The van der Waals surface area contributed by atoms with Crippen LogP contribution in [0.1, 0.15) is 21.5 Å². The van der Waals surface area contributed by atoms with Crippen molar-refractivity contribution in [2.75, 3.05) is 18.5 Å². The highest BCUT2D eigenvalue weighted by molar-refractivity contribution is 9.10. The standard InChI is InChI=1S/C17H16BrNO3/c1-10-4-3-5-12(11(10)2)17(20)19-14-9-16-15(8-13(14)18)21-6-7-22-16/h3-5,8-9H,6-7H2,1-2H3,(H,19,20). The highest BCUT2D eigenvalue weighted by atomic mass is 79.9. The monoisotopic (exact) mass is 361 g/mol. The number of benzene rings is 2. The number of ether oxygens (including phenoxy) is 2. The normalized spacial score (nSPS) is 12.9. The molecule has 1 aliphatic rings. The SMILES string of the molecule is Cc1cccc(C(=O)Nc2cc3c(cc2Br)OCCO3)c1C. The third kappa shape index (κ3) is 2.81. The van der Waals surface area contributed by atoms with Crippen molar-refractivity contribution >= 4 is 27.5 Å². The third-order valence-corrected chi connectivity index (χ3v) is 4.39. The molecule has 2 aromatic rings. The molecule has 0 bridgehead atoms. The van der Waals surface area contributed by atoms with Gasteiger partial charge in [-0.05, 0) is 47.0 Å². The fraction of sp³-hybridized carbons (Fsp3) is 0.235. The Balaban J connectivity index is 1.89. The van der Waals surface area contributed by atoms with E-state index in [1.54, 1.807) is 6.07 Å². The number of hydrogen-bond donors (Lipinski definition) is 1. The number of anilines is 1. The molecule has 4 nitrogen and oxygen atoms in total. The van der Waals surface area contributed by atoms with Gasteiger partial charge in [0.2, 0.25) is 0 Å². The zero-order chi connectivity index (χ0) is 15.7. The highest BCUT2D eigenvalue weighted by Crippen LogP contribution is 2.38. The minimum absolute atomic E-state index is 0.140. The molecule has 3 rings (SSSR count). The van der Waals surface area contributed by atoms with Crippen molar-refractivity contribution in [2.45, 2.75) is 13.8 Å². The molecule has 22 heavy (non-hydrogen) atoms. The first-order chi connectivity index (χ1) is 10.6. The molecule has 0 saturated carbocycles. The Labute approximate surface area is 137 Å². The summed E-state index contributed by atoms with van der Waals surface area (Å²) in [5.41, 5.74) is 3.40. The summed E-state index contributed by atoms with van der Waals surface area (Å²) in [5.74, 6) is 1.19. The first kappa shape index (κ1) is 14.9. The van der Waals surface area contributed by atoms with Crippen LogP contribution in [0, 0.1) is 13.8 Å². The second-order valence-electron chi connectivity index (χ2n) is 5.18. The molecule has 114 valence electrons. The summed E-state index contributed by atoms with van der Waals surface area (Å²) in [5, 5.41) is 2.92. The summed E-state index contributed by atoms with van der Waals surface area (Å²) < 4.78 is 11.8. The Morgan fingerprint density at radius 2 is 1.82 bits per heavy atom. The van der Waals surface area contributed by atoms with Gasteiger partial charge >= 0.3 is 0 Å². The molecule has 1 aliphatic heterocycles. The lowest BCUT2D eigenvalue weighted by molar-refractivity contribution is 0.102. The van der Waals surface area contributed by atoms with Crippen LogP contribution in [0.15, 0.2) is 34.8 Å². The molecule has 0 spiro atoms. The molecule has 0 aliphatic carbocycles. The smallest absolute Gasteiger partial charge is 0.255 e. The van der Waals surface area contributed by atoms with Gasteiger partial charge in [-0.3, -0.25) is 4.79 Å². The van der Waals surface area contributed by atoms with Crippen molar-refractivity contribution in [3.05, 3.63) is 51.5 Å². The number of amides is 1. The average molecular weight is 362 g/mol. The van der Waals surface area contributed by atoms with E-state index < -0.39 is 0 Å². The van der Waals surface area contributed by atoms with Crippen molar-refractivity contribution in [1.29, 1.82) is 0 Å². The van der Waals surface area contributed by atoms with Crippen LogP contribution in [-0.2, 0) is 0 Å². The van der Waals surface area contributed by atoms with Gasteiger partial charge in [-0.2, -0.15) is 0 Å². The Morgan fingerprint density at radius 1 is 1.14 bits per heavy atom. The third-order valence-electron chi connectivity index (χ3n) is 3.73. The van der Waals surface area contributed by atoms with Crippen LogP contribution in [0.3, 0.4) is 0 Å². The maximum atomic E-state index is 12.5. The zero-order valence-electron chi connectivity index (χ0n) is 12.4. The molecule has 0 fully saturated rings. The topological polar surface area (TPSA) is 47.6 Å². The molecule has 0 radical (unpaired) electrons. The molecule has 1 amide bonds. The molecule has 5 heteroatoms. The van der Waals surface area contributed by atoms with Crippen molar-refractivity contribution in [2.24, 2.45) is 0 Å². The number of hydrogen-bond acceptors (Lipinski definition) is 3. The van der Waals surface area contributed by atoms with E-state index in [9.17, 15) is 4.79 Å². The van der Waals surface area contributed by atoms with E-state index in [1.807, 2.05) is 38.1 Å². The Kier molecular flexibility index (Phi) is 4.07. The minimum atomic E-state index is -0.140. The maximum absolute atomic E-state index is 12.5. The quantitative estimate of drug-likeness (QED) is 0.876. The van der Waals surface area contributed by atoms with Crippen LogP contribution in [-0.4, -0.2) is 19.1 Å². The first-order valence-corrected chi connectivity index (χ1v) is 7.82.